The maximum atomic E-state index is 12.6. The molecule has 6 heteroatoms. The van der Waals surface area contributed by atoms with Gasteiger partial charge in [-0.2, -0.15) is 0 Å². The van der Waals surface area contributed by atoms with Crippen molar-refractivity contribution < 1.29 is 23.0 Å². The topological polar surface area (TPSA) is 47.6 Å². The minimum absolute atomic E-state index is 0.0762. The lowest BCUT2D eigenvalue weighted by Crippen LogP contribution is -2.26. The van der Waals surface area contributed by atoms with E-state index in [1.807, 2.05) is 0 Å². The van der Waals surface area contributed by atoms with Crippen molar-refractivity contribution in [1.82, 2.24) is 5.32 Å². The summed E-state index contributed by atoms with van der Waals surface area (Å²) >= 11 is 0. The van der Waals surface area contributed by atoms with E-state index < -0.39 is 6.29 Å². The third-order valence-electron chi connectivity index (χ3n) is 1.89. The van der Waals surface area contributed by atoms with Crippen LogP contribution in [-0.4, -0.2) is 19.2 Å². The van der Waals surface area contributed by atoms with E-state index in [2.05, 4.69) is 14.8 Å². The summed E-state index contributed by atoms with van der Waals surface area (Å²) in [5.41, 5.74) is 0.234. The normalized spacial score (nSPS) is 16.2. The Morgan fingerprint density at radius 1 is 1.33 bits per heavy atom. The van der Waals surface area contributed by atoms with Gasteiger partial charge >= 0.3 is 6.29 Å². The van der Waals surface area contributed by atoms with Crippen molar-refractivity contribution in [2.75, 3.05) is 7.05 Å². The zero-order valence-corrected chi connectivity index (χ0v) is 7.71. The molecule has 1 heterocycles. The summed E-state index contributed by atoms with van der Waals surface area (Å²) in [6, 6.07) is 3.85. The van der Waals surface area contributed by atoms with Crippen LogP contribution >= 0.6 is 0 Å². The van der Waals surface area contributed by atoms with Gasteiger partial charge in [0, 0.05) is 12.6 Å². The average Bonchev–Trinajstić information content (AvgIpc) is 2.49. The predicted octanol–water partition coefficient (Wildman–Crippen LogP) is 1.37. The Morgan fingerprint density at radius 2 is 2.00 bits per heavy atom. The molecule has 0 atom stereocenters. The fourth-order valence-electron chi connectivity index (χ4n) is 1.23. The van der Waals surface area contributed by atoms with Crippen LogP contribution in [0.15, 0.2) is 18.2 Å². The molecule has 1 aliphatic heterocycles. The number of alkyl halides is 2. The first-order chi connectivity index (χ1) is 7.02. The molecular formula is C9H7F2NO3. The minimum Gasteiger partial charge on any atom is -0.395 e. The Bertz CT molecular complexity index is 420. The third kappa shape index (κ3) is 1.70. The standard InChI is InChI=1S/C9H7F2NO3/c1-12-8(13)5-2-3-6-7(4-5)15-9(10,11)14-6/h2-4H,1H3,(H,12,13). The second-order valence-electron chi connectivity index (χ2n) is 2.91. The molecule has 15 heavy (non-hydrogen) atoms. The maximum Gasteiger partial charge on any atom is 0.586 e. The van der Waals surface area contributed by atoms with Gasteiger partial charge in [-0.15, -0.1) is 8.78 Å². The zero-order chi connectivity index (χ0) is 11.1. The molecule has 0 bridgehead atoms. The lowest BCUT2D eigenvalue weighted by molar-refractivity contribution is -0.286. The summed E-state index contributed by atoms with van der Waals surface area (Å²) in [5, 5.41) is 2.37. The summed E-state index contributed by atoms with van der Waals surface area (Å²) in [6.45, 7) is 0. The molecule has 1 aliphatic rings. The minimum atomic E-state index is -3.65. The number of benzene rings is 1. The van der Waals surface area contributed by atoms with Crippen LogP contribution in [0.2, 0.25) is 0 Å². The molecule has 0 aromatic heterocycles. The summed E-state index contributed by atoms with van der Waals surface area (Å²) in [4.78, 5) is 11.2. The van der Waals surface area contributed by atoms with Crippen LogP contribution < -0.4 is 14.8 Å². The monoisotopic (exact) mass is 215 g/mol. The van der Waals surface area contributed by atoms with Crippen molar-refractivity contribution in [2.24, 2.45) is 0 Å². The second-order valence-corrected chi connectivity index (χ2v) is 2.91. The summed E-state index contributed by atoms with van der Waals surface area (Å²) < 4.78 is 33.6. The van der Waals surface area contributed by atoms with Gasteiger partial charge in [0.1, 0.15) is 0 Å². The van der Waals surface area contributed by atoms with Crippen LogP contribution in [0, 0.1) is 0 Å². The highest BCUT2D eigenvalue weighted by molar-refractivity contribution is 5.94. The molecule has 80 valence electrons. The molecule has 0 spiro atoms. The number of ether oxygens (including phenoxy) is 2. The molecule has 1 aromatic rings. The lowest BCUT2D eigenvalue weighted by atomic mass is 10.2. The molecule has 0 aliphatic carbocycles. The van der Waals surface area contributed by atoms with Crippen LogP contribution in [0.5, 0.6) is 11.5 Å². The van der Waals surface area contributed by atoms with Crippen LogP contribution in [0.25, 0.3) is 0 Å². The quantitative estimate of drug-likeness (QED) is 0.769. The van der Waals surface area contributed by atoms with Crippen molar-refractivity contribution in [2.45, 2.75) is 6.29 Å². The number of amides is 1. The van der Waals surface area contributed by atoms with Crippen LogP contribution in [0.1, 0.15) is 10.4 Å². The number of hydrogen-bond acceptors (Lipinski definition) is 3. The molecule has 1 N–H and O–H groups in total. The highest BCUT2D eigenvalue weighted by Gasteiger charge is 2.43. The number of rotatable bonds is 1. The fourth-order valence-corrected chi connectivity index (χ4v) is 1.23. The second kappa shape index (κ2) is 3.08. The molecular weight excluding hydrogens is 208 g/mol. The van der Waals surface area contributed by atoms with Crippen LogP contribution in [-0.2, 0) is 0 Å². The summed E-state index contributed by atoms with van der Waals surface area (Å²) in [7, 11) is 1.45. The van der Waals surface area contributed by atoms with E-state index in [0.717, 1.165) is 0 Å². The van der Waals surface area contributed by atoms with Crippen molar-refractivity contribution in [3.05, 3.63) is 23.8 Å². The van der Waals surface area contributed by atoms with Gasteiger partial charge in [-0.1, -0.05) is 0 Å². The molecule has 0 fully saturated rings. The van der Waals surface area contributed by atoms with E-state index in [4.69, 9.17) is 0 Å². The van der Waals surface area contributed by atoms with Crippen molar-refractivity contribution >= 4 is 5.91 Å². The van der Waals surface area contributed by atoms with E-state index in [1.165, 1.54) is 25.2 Å². The molecule has 0 unspecified atom stereocenters. The highest BCUT2D eigenvalue weighted by Crippen LogP contribution is 2.41. The van der Waals surface area contributed by atoms with E-state index in [1.54, 1.807) is 0 Å². The Kier molecular flexibility index (Phi) is 1.99. The van der Waals surface area contributed by atoms with Gasteiger partial charge in [-0.05, 0) is 18.2 Å². The number of nitrogens with one attached hydrogen (secondary N) is 1. The van der Waals surface area contributed by atoms with E-state index in [9.17, 15) is 13.6 Å². The SMILES string of the molecule is CNC(=O)c1ccc2c(c1)OC(F)(F)O2. The van der Waals surface area contributed by atoms with Gasteiger partial charge in [-0.3, -0.25) is 4.79 Å². The molecule has 1 aromatic carbocycles. The van der Waals surface area contributed by atoms with E-state index in [0.29, 0.717) is 0 Å². The van der Waals surface area contributed by atoms with Crippen LogP contribution in [0.4, 0.5) is 8.78 Å². The maximum absolute atomic E-state index is 12.6. The van der Waals surface area contributed by atoms with E-state index >= 15 is 0 Å². The number of hydrogen-bond donors (Lipinski definition) is 1. The van der Waals surface area contributed by atoms with Crippen molar-refractivity contribution in [3.63, 3.8) is 0 Å². The van der Waals surface area contributed by atoms with Crippen LogP contribution in [0.3, 0.4) is 0 Å². The molecule has 4 nitrogen and oxygen atoms in total. The molecule has 2 rings (SSSR count). The number of fused-ring (bicyclic) bond motifs is 1. The molecule has 0 saturated carbocycles. The van der Waals surface area contributed by atoms with E-state index in [-0.39, 0.29) is 23.0 Å². The smallest absolute Gasteiger partial charge is 0.395 e. The first kappa shape index (κ1) is 9.70. The Morgan fingerprint density at radius 3 is 2.67 bits per heavy atom. The number of carbonyl (C=O) groups excluding carboxylic acids is 1. The van der Waals surface area contributed by atoms with Gasteiger partial charge in [0.15, 0.2) is 11.5 Å². The van der Waals surface area contributed by atoms with Gasteiger partial charge < -0.3 is 14.8 Å². The Labute approximate surface area is 83.8 Å². The fraction of sp³-hybridized carbons (Fsp3) is 0.222. The van der Waals surface area contributed by atoms with Gasteiger partial charge in [0.05, 0.1) is 0 Å². The average molecular weight is 215 g/mol. The first-order valence-corrected chi connectivity index (χ1v) is 4.14. The highest BCUT2D eigenvalue weighted by atomic mass is 19.3. The van der Waals surface area contributed by atoms with Gasteiger partial charge in [0.2, 0.25) is 0 Å². The van der Waals surface area contributed by atoms with Gasteiger partial charge in [-0.25, -0.2) is 0 Å². The third-order valence-corrected chi connectivity index (χ3v) is 1.89. The molecule has 0 saturated heterocycles. The summed E-state index contributed by atoms with van der Waals surface area (Å²) in [5.74, 6) is -0.592. The Balaban J connectivity index is 2.34. The first-order valence-electron chi connectivity index (χ1n) is 4.14. The van der Waals surface area contributed by atoms with Crippen molar-refractivity contribution in [1.29, 1.82) is 0 Å². The summed E-state index contributed by atoms with van der Waals surface area (Å²) in [6.07, 6.45) is -3.65. The molecule has 1 amide bonds. The molecule has 0 radical (unpaired) electrons. The predicted molar refractivity (Wildman–Crippen MR) is 46.0 cm³/mol. The Hall–Kier alpha value is -1.85. The van der Waals surface area contributed by atoms with Gasteiger partial charge in [0.25, 0.3) is 5.91 Å². The number of carbonyl (C=O) groups is 1. The number of halogens is 2. The largest absolute Gasteiger partial charge is 0.586 e. The lowest BCUT2D eigenvalue weighted by Gasteiger charge is -2.04. The van der Waals surface area contributed by atoms with Crippen molar-refractivity contribution in [3.8, 4) is 11.5 Å². The zero-order valence-electron chi connectivity index (χ0n) is 7.71.